The maximum Gasteiger partial charge on any atom is 0.289 e. The zero-order valence-corrected chi connectivity index (χ0v) is 17.8. The number of rotatable bonds is 6. The van der Waals surface area contributed by atoms with Gasteiger partial charge in [0.15, 0.2) is 5.76 Å². The molecule has 1 fully saturated rings. The molecule has 4 rings (SSSR count). The minimum absolute atomic E-state index is 0. The second-order valence-corrected chi connectivity index (χ2v) is 8.11. The van der Waals surface area contributed by atoms with Crippen LogP contribution in [-0.4, -0.2) is 37.5 Å². The van der Waals surface area contributed by atoms with E-state index in [9.17, 15) is 9.18 Å². The molecule has 7 heteroatoms. The Labute approximate surface area is 180 Å². The van der Waals surface area contributed by atoms with E-state index in [-0.39, 0.29) is 24.1 Å². The number of amides is 1. The van der Waals surface area contributed by atoms with Gasteiger partial charge in [0.25, 0.3) is 5.91 Å². The van der Waals surface area contributed by atoms with Crippen LogP contribution in [0.1, 0.15) is 22.5 Å². The van der Waals surface area contributed by atoms with Crippen LogP contribution in [0, 0.1) is 11.7 Å². The lowest BCUT2D eigenvalue weighted by atomic mass is 10.1. The monoisotopic (exact) mass is 434 g/mol. The van der Waals surface area contributed by atoms with Crippen LogP contribution in [0.5, 0.6) is 0 Å². The lowest BCUT2D eigenvalue weighted by Gasteiger charge is -2.16. The number of nitrogens with zero attached hydrogens (tertiary/aromatic N) is 1. The van der Waals surface area contributed by atoms with E-state index in [1.54, 1.807) is 12.1 Å². The normalized spacial score (nSPS) is 16.2. The molecule has 2 heterocycles. The first-order valence-electron chi connectivity index (χ1n) is 9.49. The summed E-state index contributed by atoms with van der Waals surface area (Å²) in [7, 11) is 1.93. The fourth-order valence-corrected chi connectivity index (χ4v) is 4.71. The summed E-state index contributed by atoms with van der Waals surface area (Å²) in [5.74, 6) is 1.01. The molecule has 0 aliphatic carbocycles. The first kappa shape index (κ1) is 21.7. The number of halogens is 2. The zero-order chi connectivity index (χ0) is 19.5. The Kier molecular flexibility index (Phi) is 7.22. The predicted octanol–water partition coefficient (Wildman–Crippen LogP) is 4.97. The lowest BCUT2D eigenvalue weighted by Crippen LogP contribution is -2.30. The van der Waals surface area contributed by atoms with E-state index < -0.39 is 0 Å². The number of thioether (sulfide) groups is 1. The number of likely N-dealkylation sites (tertiary alicyclic amines) is 1. The summed E-state index contributed by atoms with van der Waals surface area (Å²) in [6.45, 7) is 2.37. The quantitative estimate of drug-likeness (QED) is 0.556. The van der Waals surface area contributed by atoms with Gasteiger partial charge in [0.1, 0.15) is 11.4 Å². The first-order valence-corrected chi connectivity index (χ1v) is 10.5. The van der Waals surface area contributed by atoms with Crippen LogP contribution in [0.4, 0.5) is 4.39 Å². The minimum Gasteiger partial charge on any atom is -0.451 e. The van der Waals surface area contributed by atoms with Crippen molar-refractivity contribution in [3.8, 4) is 0 Å². The van der Waals surface area contributed by atoms with Crippen molar-refractivity contribution < 1.29 is 13.6 Å². The van der Waals surface area contributed by atoms with Crippen molar-refractivity contribution in [2.75, 3.05) is 26.7 Å². The van der Waals surface area contributed by atoms with Crippen LogP contribution in [0.25, 0.3) is 11.0 Å². The molecule has 4 nitrogen and oxygen atoms in total. The van der Waals surface area contributed by atoms with Crippen LogP contribution in [-0.2, 0) is 5.75 Å². The third-order valence-electron chi connectivity index (χ3n) is 5.17. The third kappa shape index (κ3) is 4.60. The predicted molar refractivity (Wildman–Crippen MR) is 117 cm³/mol. The molecule has 1 aromatic heterocycles. The number of nitrogens with one attached hydrogen (secondary N) is 1. The Morgan fingerprint density at radius 1 is 1.24 bits per heavy atom. The Balaban J connectivity index is 0.00000240. The summed E-state index contributed by atoms with van der Waals surface area (Å²) in [4.78, 5) is 15.6. The highest BCUT2D eigenvalue weighted by atomic mass is 35.5. The van der Waals surface area contributed by atoms with Crippen LogP contribution < -0.4 is 5.32 Å². The summed E-state index contributed by atoms with van der Waals surface area (Å²) >= 11 is 1.39. The summed E-state index contributed by atoms with van der Waals surface area (Å²) in [6.07, 6.45) is 0.992. The van der Waals surface area contributed by atoms with Crippen molar-refractivity contribution >= 4 is 41.0 Å². The first-order chi connectivity index (χ1) is 13.7. The lowest BCUT2D eigenvalue weighted by molar-refractivity contribution is 0.0757. The molecule has 3 aromatic rings. The molecule has 1 aliphatic heterocycles. The number of carbonyl (C=O) groups excluding carboxylic acids is 1. The van der Waals surface area contributed by atoms with Crippen molar-refractivity contribution in [1.29, 1.82) is 0 Å². The van der Waals surface area contributed by atoms with Gasteiger partial charge in [-0.25, -0.2) is 4.39 Å². The molecule has 29 heavy (non-hydrogen) atoms. The van der Waals surface area contributed by atoms with E-state index in [0.717, 1.165) is 37.0 Å². The Morgan fingerprint density at radius 2 is 2.00 bits per heavy atom. The highest BCUT2D eigenvalue weighted by Crippen LogP contribution is 2.34. The number of carbonyl (C=O) groups is 1. The minimum atomic E-state index is -0.248. The Bertz CT molecular complexity index is 994. The Morgan fingerprint density at radius 3 is 2.79 bits per heavy atom. The molecule has 2 aromatic carbocycles. The fourth-order valence-electron chi connectivity index (χ4n) is 3.74. The maximum absolute atomic E-state index is 14.0. The molecular weight excluding hydrogens is 411 g/mol. The van der Waals surface area contributed by atoms with E-state index in [0.29, 0.717) is 27.9 Å². The van der Waals surface area contributed by atoms with Crippen LogP contribution in [0.2, 0.25) is 0 Å². The van der Waals surface area contributed by atoms with E-state index in [4.69, 9.17) is 4.42 Å². The molecule has 0 saturated carbocycles. The number of hydrogen-bond acceptors (Lipinski definition) is 4. The standard InChI is InChI=1S/C22H23FN2O2S.ClH/c1-24-12-15-10-11-25(13-15)22(26)21-17(16-6-2-4-8-19(16)27-21)14-28-20-9-5-3-7-18(20)23;/h2-9,15,24H,10-14H2,1H3;1H. The number of hydrogen-bond donors (Lipinski definition) is 1. The van der Waals surface area contributed by atoms with Crippen LogP contribution in [0.3, 0.4) is 0 Å². The zero-order valence-electron chi connectivity index (χ0n) is 16.2. The van der Waals surface area contributed by atoms with Crippen LogP contribution >= 0.6 is 24.2 Å². The van der Waals surface area contributed by atoms with Gasteiger partial charge < -0.3 is 14.6 Å². The van der Waals surface area contributed by atoms with Crippen molar-refractivity contribution in [2.24, 2.45) is 5.92 Å². The molecule has 1 aliphatic rings. The number of furan rings is 1. The van der Waals surface area contributed by atoms with Crippen molar-refractivity contribution in [2.45, 2.75) is 17.1 Å². The van der Waals surface area contributed by atoms with Gasteiger partial charge in [-0.2, -0.15) is 0 Å². The smallest absolute Gasteiger partial charge is 0.289 e. The average Bonchev–Trinajstić information content (AvgIpc) is 3.32. The molecule has 1 amide bonds. The van der Waals surface area contributed by atoms with Gasteiger partial charge in [0, 0.05) is 34.7 Å². The Hall–Kier alpha value is -2.02. The van der Waals surface area contributed by atoms with Gasteiger partial charge in [-0.1, -0.05) is 30.3 Å². The maximum atomic E-state index is 14.0. The van der Waals surface area contributed by atoms with Crippen molar-refractivity contribution in [3.05, 3.63) is 65.7 Å². The average molecular weight is 435 g/mol. The van der Waals surface area contributed by atoms with Crippen molar-refractivity contribution in [3.63, 3.8) is 0 Å². The van der Waals surface area contributed by atoms with Crippen molar-refractivity contribution in [1.82, 2.24) is 10.2 Å². The molecule has 154 valence electrons. The highest BCUT2D eigenvalue weighted by molar-refractivity contribution is 7.98. The van der Waals surface area contributed by atoms with Gasteiger partial charge in [0.2, 0.25) is 0 Å². The fraction of sp³-hybridized carbons (Fsp3) is 0.318. The molecule has 1 unspecified atom stereocenters. The molecule has 0 bridgehead atoms. The molecular formula is C22H24ClFN2O2S. The topological polar surface area (TPSA) is 45.5 Å². The molecule has 0 spiro atoms. The second kappa shape index (κ2) is 9.65. The SMILES string of the molecule is CNCC1CCN(C(=O)c2oc3ccccc3c2CSc2ccccc2F)C1.Cl. The van der Waals surface area contributed by atoms with E-state index in [1.807, 2.05) is 42.3 Å². The summed E-state index contributed by atoms with van der Waals surface area (Å²) in [6, 6.07) is 14.4. The summed E-state index contributed by atoms with van der Waals surface area (Å²) in [5, 5.41) is 4.10. The molecule has 1 atom stereocenters. The van der Waals surface area contributed by atoms with Gasteiger partial charge in [-0.15, -0.1) is 24.2 Å². The van der Waals surface area contributed by atoms with E-state index in [1.165, 1.54) is 17.8 Å². The number of para-hydroxylation sites is 1. The van der Waals surface area contributed by atoms with Gasteiger partial charge >= 0.3 is 0 Å². The van der Waals surface area contributed by atoms with E-state index in [2.05, 4.69) is 5.32 Å². The summed E-state index contributed by atoms with van der Waals surface area (Å²) < 4.78 is 20.0. The summed E-state index contributed by atoms with van der Waals surface area (Å²) in [5.41, 5.74) is 1.53. The third-order valence-corrected chi connectivity index (χ3v) is 6.24. The largest absolute Gasteiger partial charge is 0.451 e. The van der Waals surface area contributed by atoms with Gasteiger partial charge in [-0.3, -0.25) is 4.79 Å². The number of fused-ring (bicyclic) bond motifs is 1. The highest BCUT2D eigenvalue weighted by Gasteiger charge is 2.30. The van der Waals surface area contributed by atoms with Gasteiger partial charge in [0.05, 0.1) is 0 Å². The molecule has 1 saturated heterocycles. The molecule has 1 N–H and O–H groups in total. The van der Waals surface area contributed by atoms with Gasteiger partial charge in [-0.05, 0) is 44.1 Å². The number of benzene rings is 2. The second-order valence-electron chi connectivity index (χ2n) is 7.09. The van der Waals surface area contributed by atoms with E-state index >= 15 is 0 Å². The molecule has 0 radical (unpaired) electrons. The van der Waals surface area contributed by atoms with Crippen LogP contribution in [0.15, 0.2) is 57.8 Å².